The third-order valence-corrected chi connectivity index (χ3v) is 3.00. The Labute approximate surface area is 52.9 Å². The molecule has 0 atom stereocenters. The summed E-state index contributed by atoms with van der Waals surface area (Å²) in [4.78, 5) is 10.2. The number of rotatable bonds is 0. The molecule has 0 spiro atoms. The lowest BCUT2D eigenvalue weighted by atomic mass is 11.5. The molecule has 0 aromatic carbocycles. The van der Waals surface area contributed by atoms with Gasteiger partial charge in [0.05, 0.1) is 0 Å². The second-order valence-corrected chi connectivity index (χ2v) is 7.20. The molecular formula is C3H6O3S2. The van der Waals surface area contributed by atoms with Gasteiger partial charge < -0.3 is 8.37 Å². The maximum absolute atomic E-state index is 10.2. The van der Waals surface area contributed by atoms with Crippen LogP contribution in [-0.4, -0.2) is 18.7 Å². The SMILES string of the molecule is CS1(C)OC(=O)OS1. The quantitative estimate of drug-likeness (QED) is 0.393. The third-order valence-electron chi connectivity index (χ3n) is 0.535. The summed E-state index contributed by atoms with van der Waals surface area (Å²) in [5.41, 5.74) is 0. The van der Waals surface area contributed by atoms with Crippen LogP contribution in [0.15, 0.2) is 0 Å². The van der Waals surface area contributed by atoms with Crippen molar-refractivity contribution in [2.75, 3.05) is 12.5 Å². The minimum Gasteiger partial charge on any atom is -0.371 e. The average Bonchev–Trinajstić information content (AvgIpc) is 1.82. The average molecular weight is 154 g/mol. The Balaban J connectivity index is 2.56. The molecule has 0 saturated carbocycles. The second-order valence-electron chi connectivity index (χ2n) is 1.63. The van der Waals surface area contributed by atoms with Gasteiger partial charge in [-0.05, 0) is 9.34 Å². The highest BCUT2D eigenvalue weighted by molar-refractivity contribution is 8.90. The van der Waals surface area contributed by atoms with E-state index in [0.29, 0.717) is 0 Å². The molecule has 1 rings (SSSR count). The molecule has 1 heterocycles. The van der Waals surface area contributed by atoms with Gasteiger partial charge in [0.25, 0.3) is 0 Å². The Morgan fingerprint density at radius 3 is 2.38 bits per heavy atom. The minimum atomic E-state index is -1.25. The number of hydrogen-bond acceptors (Lipinski definition) is 4. The molecule has 48 valence electrons. The lowest BCUT2D eigenvalue weighted by molar-refractivity contribution is 0.173. The van der Waals surface area contributed by atoms with Crippen LogP contribution in [0.4, 0.5) is 4.79 Å². The van der Waals surface area contributed by atoms with Crippen molar-refractivity contribution < 1.29 is 13.2 Å². The van der Waals surface area contributed by atoms with Gasteiger partial charge in [-0.3, -0.25) is 0 Å². The summed E-state index contributed by atoms with van der Waals surface area (Å²) in [7, 11) is -1.25. The van der Waals surface area contributed by atoms with Crippen molar-refractivity contribution in [1.82, 2.24) is 0 Å². The van der Waals surface area contributed by atoms with Gasteiger partial charge >= 0.3 is 6.16 Å². The smallest absolute Gasteiger partial charge is 0.371 e. The normalized spacial score (nSPS) is 28.5. The lowest BCUT2D eigenvalue weighted by Crippen LogP contribution is -1.92. The molecule has 0 aromatic rings. The van der Waals surface area contributed by atoms with Crippen LogP contribution in [0.1, 0.15) is 0 Å². The number of hydrogen-bond donors (Lipinski definition) is 0. The fourth-order valence-electron chi connectivity index (χ4n) is 0.301. The molecule has 3 nitrogen and oxygen atoms in total. The van der Waals surface area contributed by atoms with E-state index in [2.05, 4.69) is 4.18 Å². The van der Waals surface area contributed by atoms with Crippen LogP contribution < -0.4 is 0 Å². The largest absolute Gasteiger partial charge is 0.533 e. The van der Waals surface area contributed by atoms with E-state index in [4.69, 9.17) is 4.18 Å². The Morgan fingerprint density at radius 2 is 2.25 bits per heavy atom. The fourth-order valence-corrected chi connectivity index (χ4v) is 1.90. The molecule has 0 unspecified atom stereocenters. The van der Waals surface area contributed by atoms with Crippen LogP contribution >= 0.6 is 20.4 Å². The molecular weight excluding hydrogens is 148 g/mol. The minimum absolute atomic E-state index is 0.560. The molecule has 1 fully saturated rings. The Morgan fingerprint density at radius 1 is 1.62 bits per heavy atom. The predicted octanol–water partition coefficient (Wildman–Crippen LogP) is 1.70. The Bertz CT molecular complexity index is 122. The Hall–Kier alpha value is -0.0300. The highest BCUT2D eigenvalue weighted by Gasteiger charge is 2.30. The van der Waals surface area contributed by atoms with Crippen molar-refractivity contribution in [3.8, 4) is 0 Å². The third kappa shape index (κ3) is 1.23. The first kappa shape index (κ1) is 6.10. The first-order chi connectivity index (χ1) is 3.60. The standard InChI is InChI=1S/C3H6O3S2/c1-8(2)6-3(4)5-7-8/h1-2H3. The van der Waals surface area contributed by atoms with E-state index in [1.165, 1.54) is 0 Å². The van der Waals surface area contributed by atoms with Crippen molar-refractivity contribution in [1.29, 1.82) is 0 Å². The zero-order valence-electron chi connectivity index (χ0n) is 4.54. The van der Waals surface area contributed by atoms with Gasteiger partial charge in [0.15, 0.2) is 0 Å². The molecule has 0 aliphatic carbocycles. The predicted molar refractivity (Wildman–Crippen MR) is 34.6 cm³/mol. The van der Waals surface area contributed by atoms with E-state index in [1.54, 1.807) is 0 Å². The maximum Gasteiger partial charge on any atom is 0.533 e. The van der Waals surface area contributed by atoms with E-state index in [0.717, 1.165) is 11.1 Å². The highest BCUT2D eigenvalue weighted by Crippen LogP contribution is 2.59. The summed E-state index contributed by atoms with van der Waals surface area (Å²) in [5, 5.41) is 0. The fraction of sp³-hybridized carbons (Fsp3) is 0.667. The molecule has 1 aliphatic rings. The molecule has 0 radical (unpaired) electrons. The molecule has 5 heteroatoms. The van der Waals surface area contributed by atoms with Crippen molar-refractivity contribution in [2.45, 2.75) is 0 Å². The summed E-state index contributed by atoms with van der Waals surface area (Å²) >= 11 is 1.12. The monoisotopic (exact) mass is 154 g/mol. The van der Waals surface area contributed by atoms with Crippen LogP contribution in [0.2, 0.25) is 0 Å². The van der Waals surface area contributed by atoms with Crippen LogP contribution in [0.25, 0.3) is 0 Å². The number of carbonyl (C=O) groups is 1. The van der Waals surface area contributed by atoms with Gasteiger partial charge in [-0.1, -0.05) is 0 Å². The second kappa shape index (κ2) is 1.73. The van der Waals surface area contributed by atoms with Gasteiger partial charge in [-0.2, -0.15) is 0 Å². The van der Waals surface area contributed by atoms with E-state index in [1.807, 2.05) is 12.5 Å². The summed E-state index contributed by atoms with van der Waals surface area (Å²) in [6.45, 7) is 0. The van der Waals surface area contributed by atoms with Crippen LogP contribution in [0, 0.1) is 0 Å². The van der Waals surface area contributed by atoms with E-state index < -0.39 is 15.5 Å². The van der Waals surface area contributed by atoms with Gasteiger partial charge in [0, 0.05) is 12.5 Å². The Kier molecular flexibility index (Phi) is 1.32. The molecule has 1 saturated heterocycles. The zero-order chi connectivity index (χ0) is 6.20. The van der Waals surface area contributed by atoms with Gasteiger partial charge in [-0.25, -0.2) is 4.79 Å². The van der Waals surface area contributed by atoms with Gasteiger partial charge in [-0.15, -0.1) is 0 Å². The summed E-state index contributed by atoms with van der Waals surface area (Å²) in [6, 6.07) is 0. The van der Waals surface area contributed by atoms with Gasteiger partial charge in [0.2, 0.25) is 0 Å². The summed E-state index contributed by atoms with van der Waals surface area (Å²) in [6.07, 6.45) is 3.14. The van der Waals surface area contributed by atoms with Crippen LogP contribution in [-0.2, 0) is 8.37 Å². The lowest BCUT2D eigenvalue weighted by Gasteiger charge is -2.13. The maximum atomic E-state index is 10.2. The molecule has 0 bridgehead atoms. The van der Waals surface area contributed by atoms with Gasteiger partial charge in [0.1, 0.15) is 11.1 Å². The van der Waals surface area contributed by atoms with Crippen molar-refractivity contribution in [3.63, 3.8) is 0 Å². The van der Waals surface area contributed by atoms with E-state index in [-0.39, 0.29) is 0 Å². The first-order valence-electron chi connectivity index (χ1n) is 1.93. The van der Waals surface area contributed by atoms with Crippen molar-refractivity contribution >= 4 is 26.6 Å². The van der Waals surface area contributed by atoms with Crippen molar-refractivity contribution in [2.24, 2.45) is 0 Å². The molecule has 8 heavy (non-hydrogen) atoms. The van der Waals surface area contributed by atoms with Crippen LogP contribution in [0.3, 0.4) is 0 Å². The van der Waals surface area contributed by atoms with E-state index in [9.17, 15) is 4.79 Å². The van der Waals surface area contributed by atoms with Crippen LogP contribution in [0.5, 0.6) is 0 Å². The molecule has 1 aliphatic heterocycles. The zero-order valence-corrected chi connectivity index (χ0v) is 6.17. The molecule has 0 amide bonds. The number of carbonyl (C=O) groups excluding carboxylic acids is 1. The molecule has 0 aromatic heterocycles. The van der Waals surface area contributed by atoms with E-state index >= 15 is 0 Å². The van der Waals surface area contributed by atoms with Crippen molar-refractivity contribution in [3.05, 3.63) is 0 Å². The highest BCUT2D eigenvalue weighted by atomic mass is 33.2. The summed E-state index contributed by atoms with van der Waals surface area (Å²) in [5.74, 6) is 0. The molecule has 0 N–H and O–H groups in total. The first-order valence-corrected chi connectivity index (χ1v) is 5.56. The topological polar surface area (TPSA) is 35.5 Å². The summed E-state index contributed by atoms with van der Waals surface area (Å²) < 4.78 is 9.19.